The van der Waals surface area contributed by atoms with Crippen molar-refractivity contribution in [2.45, 2.75) is 51.2 Å². The molecule has 1 aliphatic rings. The second-order valence-electron chi connectivity index (χ2n) is 8.53. The summed E-state index contributed by atoms with van der Waals surface area (Å²) in [5, 5.41) is 3.19. The number of aryl methyl sites for hydroxylation is 1. The Labute approximate surface area is 194 Å². The van der Waals surface area contributed by atoms with Gasteiger partial charge in [-0.15, -0.1) is 0 Å². The Morgan fingerprint density at radius 2 is 1.79 bits per heavy atom. The lowest BCUT2D eigenvalue weighted by molar-refractivity contribution is -0.126. The van der Waals surface area contributed by atoms with Crippen LogP contribution in [0.15, 0.2) is 71.3 Å². The highest BCUT2D eigenvalue weighted by atomic mass is 16.5. The number of rotatable bonds is 8. The van der Waals surface area contributed by atoms with Crippen LogP contribution in [0.1, 0.15) is 59.0 Å². The second-order valence-corrected chi connectivity index (χ2v) is 8.53. The average molecular weight is 447 g/mol. The molecule has 4 rings (SSSR count). The molecule has 2 amide bonds. The number of nitrogens with one attached hydrogen (secondary N) is 1. The van der Waals surface area contributed by atoms with Gasteiger partial charge in [0.15, 0.2) is 5.76 Å². The lowest BCUT2D eigenvalue weighted by Gasteiger charge is -2.32. The van der Waals surface area contributed by atoms with Crippen molar-refractivity contribution in [1.82, 2.24) is 10.2 Å². The Hall–Kier alpha value is -3.54. The van der Waals surface area contributed by atoms with Gasteiger partial charge in [-0.3, -0.25) is 9.59 Å². The van der Waals surface area contributed by atoms with Gasteiger partial charge < -0.3 is 19.4 Å². The predicted molar refractivity (Wildman–Crippen MR) is 126 cm³/mol. The molecule has 172 valence electrons. The number of hydrogen-bond donors (Lipinski definition) is 1. The van der Waals surface area contributed by atoms with Crippen LogP contribution in [-0.4, -0.2) is 29.9 Å². The van der Waals surface area contributed by atoms with E-state index in [2.05, 4.69) is 5.32 Å². The maximum Gasteiger partial charge on any atom is 0.290 e. The maximum atomic E-state index is 13.7. The summed E-state index contributed by atoms with van der Waals surface area (Å²) < 4.78 is 11.0. The molecule has 1 saturated carbocycles. The first-order valence-corrected chi connectivity index (χ1v) is 11.4. The number of benzene rings is 2. The van der Waals surface area contributed by atoms with Crippen molar-refractivity contribution < 1.29 is 18.7 Å². The molecular formula is C27H30N2O4. The number of para-hydroxylation sites is 1. The van der Waals surface area contributed by atoms with Gasteiger partial charge in [0.25, 0.3) is 5.91 Å². The first kappa shape index (κ1) is 22.6. The molecule has 0 unspecified atom stereocenters. The molecule has 6 nitrogen and oxygen atoms in total. The highest BCUT2D eigenvalue weighted by molar-refractivity contribution is 5.96. The molecule has 1 N–H and O–H groups in total. The summed E-state index contributed by atoms with van der Waals surface area (Å²) in [6, 6.07) is 17.9. The minimum atomic E-state index is -0.811. The fourth-order valence-electron chi connectivity index (χ4n) is 4.41. The molecule has 1 atom stereocenters. The van der Waals surface area contributed by atoms with Crippen LogP contribution in [0.2, 0.25) is 0 Å². The highest BCUT2D eigenvalue weighted by Gasteiger charge is 2.35. The first-order valence-electron chi connectivity index (χ1n) is 11.4. The smallest absolute Gasteiger partial charge is 0.290 e. The third kappa shape index (κ3) is 5.28. The zero-order valence-electron chi connectivity index (χ0n) is 19.1. The van der Waals surface area contributed by atoms with Crippen LogP contribution in [0.4, 0.5) is 0 Å². The van der Waals surface area contributed by atoms with E-state index in [0.717, 1.165) is 42.4 Å². The summed E-state index contributed by atoms with van der Waals surface area (Å²) in [4.78, 5) is 28.9. The second kappa shape index (κ2) is 10.4. The molecule has 0 aliphatic heterocycles. The predicted octanol–water partition coefficient (Wildman–Crippen LogP) is 5.04. The fourth-order valence-corrected chi connectivity index (χ4v) is 4.41. The van der Waals surface area contributed by atoms with Crippen molar-refractivity contribution in [3.8, 4) is 5.75 Å². The molecule has 1 aliphatic carbocycles. The molecule has 1 heterocycles. The third-order valence-corrected chi connectivity index (χ3v) is 6.18. The van der Waals surface area contributed by atoms with E-state index >= 15 is 0 Å². The first-order chi connectivity index (χ1) is 16.1. The van der Waals surface area contributed by atoms with E-state index in [9.17, 15) is 9.59 Å². The number of methoxy groups -OCH3 is 1. The molecule has 0 bridgehead atoms. The zero-order valence-corrected chi connectivity index (χ0v) is 19.1. The summed E-state index contributed by atoms with van der Waals surface area (Å²) in [6.45, 7) is 2.19. The minimum absolute atomic E-state index is 0.136. The van der Waals surface area contributed by atoms with E-state index in [-0.39, 0.29) is 30.2 Å². The SMILES string of the molecule is COc1ccccc1CN(C(=O)c1ccco1)[C@H](C(=O)NC1CCCC1)c1ccc(C)cc1. The molecule has 33 heavy (non-hydrogen) atoms. The molecule has 1 aromatic heterocycles. The quantitative estimate of drug-likeness (QED) is 0.526. The Morgan fingerprint density at radius 1 is 1.06 bits per heavy atom. The van der Waals surface area contributed by atoms with Gasteiger partial charge in [0.2, 0.25) is 5.91 Å². The largest absolute Gasteiger partial charge is 0.496 e. The summed E-state index contributed by atoms with van der Waals surface area (Å²) in [5.74, 6) is 0.322. The average Bonchev–Trinajstić information content (AvgIpc) is 3.54. The van der Waals surface area contributed by atoms with Crippen LogP contribution < -0.4 is 10.1 Å². The van der Waals surface area contributed by atoms with Gasteiger partial charge in [-0.1, -0.05) is 60.9 Å². The fraction of sp³-hybridized carbons (Fsp3) is 0.333. The van der Waals surface area contributed by atoms with Crippen LogP contribution in [0.25, 0.3) is 0 Å². The lowest BCUT2D eigenvalue weighted by Crippen LogP contribution is -2.45. The van der Waals surface area contributed by atoms with Gasteiger partial charge in [-0.2, -0.15) is 0 Å². The minimum Gasteiger partial charge on any atom is -0.496 e. The molecule has 0 saturated heterocycles. The maximum absolute atomic E-state index is 13.7. The van der Waals surface area contributed by atoms with E-state index < -0.39 is 6.04 Å². The van der Waals surface area contributed by atoms with Crippen LogP contribution >= 0.6 is 0 Å². The molecule has 2 aromatic carbocycles. The summed E-state index contributed by atoms with van der Waals surface area (Å²) in [6.07, 6.45) is 5.61. The topological polar surface area (TPSA) is 71.8 Å². The summed E-state index contributed by atoms with van der Waals surface area (Å²) >= 11 is 0. The molecule has 0 spiro atoms. The van der Waals surface area contributed by atoms with Gasteiger partial charge in [-0.25, -0.2) is 0 Å². The van der Waals surface area contributed by atoms with Crippen molar-refractivity contribution in [3.05, 3.63) is 89.4 Å². The van der Waals surface area contributed by atoms with E-state index in [1.165, 1.54) is 6.26 Å². The normalized spacial score (nSPS) is 14.6. The van der Waals surface area contributed by atoms with Crippen molar-refractivity contribution in [2.75, 3.05) is 7.11 Å². The van der Waals surface area contributed by atoms with Crippen molar-refractivity contribution in [3.63, 3.8) is 0 Å². The van der Waals surface area contributed by atoms with Gasteiger partial charge in [0, 0.05) is 11.6 Å². The van der Waals surface area contributed by atoms with E-state index in [0.29, 0.717) is 5.75 Å². The summed E-state index contributed by atoms with van der Waals surface area (Å²) in [7, 11) is 1.60. The Kier molecular flexibility index (Phi) is 7.13. The number of amides is 2. The Bertz CT molecular complexity index is 1070. The van der Waals surface area contributed by atoms with Gasteiger partial charge in [-0.05, 0) is 43.5 Å². The van der Waals surface area contributed by atoms with Gasteiger partial charge >= 0.3 is 0 Å². The zero-order chi connectivity index (χ0) is 23.2. The van der Waals surface area contributed by atoms with Crippen molar-refractivity contribution in [2.24, 2.45) is 0 Å². The monoisotopic (exact) mass is 446 g/mol. The van der Waals surface area contributed by atoms with Crippen LogP contribution in [0.5, 0.6) is 5.75 Å². The summed E-state index contributed by atoms with van der Waals surface area (Å²) in [5.41, 5.74) is 2.65. The van der Waals surface area contributed by atoms with Crippen molar-refractivity contribution >= 4 is 11.8 Å². The van der Waals surface area contributed by atoms with Crippen LogP contribution in [0, 0.1) is 6.92 Å². The van der Waals surface area contributed by atoms with E-state index in [4.69, 9.17) is 9.15 Å². The highest BCUT2D eigenvalue weighted by Crippen LogP contribution is 2.30. The Morgan fingerprint density at radius 3 is 2.45 bits per heavy atom. The van der Waals surface area contributed by atoms with Gasteiger partial charge in [0.05, 0.1) is 19.9 Å². The van der Waals surface area contributed by atoms with E-state index in [1.807, 2.05) is 55.5 Å². The number of carbonyl (C=O) groups excluding carboxylic acids is 2. The Balaban J connectivity index is 1.76. The van der Waals surface area contributed by atoms with Gasteiger partial charge in [0.1, 0.15) is 11.8 Å². The standard InChI is InChI=1S/C27H30N2O4/c1-19-13-15-20(16-14-19)25(26(30)28-22-9-4-5-10-22)29(27(31)24-12-7-17-33-24)18-21-8-3-6-11-23(21)32-2/h3,6-8,11-17,22,25H,4-5,9-10,18H2,1-2H3,(H,28,30)/t25-/m0/s1. The van der Waals surface area contributed by atoms with E-state index in [1.54, 1.807) is 24.1 Å². The molecular weight excluding hydrogens is 416 g/mol. The lowest BCUT2D eigenvalue weighted by atomic mass is 10.0. The molecule has 3 aromatic rings. The van der Waals surface area contributed by atoms with Crippen molar-refractivity contribution in [1.29, 1.82) is 0 Å². The molecule has 6 heteroatoms. The number of nitrogens with zero attached hydrogens (tertiary/aromatic N) is 1. The molecule has 0 radical (unpaired) electrons. The van der Waals surface area contributed by atoms with Crippen LogP contribution in [-0.2, 0) is 11.3 Å². The van der Waals surface area contributed by atoms with Crippen LogP contribution in [0.3, 0.4) is 0 Å². The number of hydrogen-bond acceptors (Lipinski definition) is 4. The number of furan rings is 1. The number of carbonyl (C=O) groups is 2. The third-order valence-electron chi connectivity index (χ3n) is 6.18. The molecule has 1 fully saturated rings. The number of ether oxygens (including phenoxy) is 1.